The summed E-state index contributed by atoms with van der Waals surface area (Å²) in [4.78, 5) is 25.4. The number of carbonyl (C=O) groups is 1. The summed E-state index contributed by atoms with van der Waals surface area (Å²) in [6.45, 7) is 3.23. The maximum Gasteiger partial charge on any atom is 0.315 e. The molecule has 1 aromatic carbocycles. The zero-order valence-corrected chi connectivity index (χ0v) is 20.6. The molecule has 0 saturated heterocycles. The van der Waals surface area contributed by atoms with E-state index in [4.69, 9.17) is 10.7 Å². The van der Waals surface area contributed by atoms with Crippen LogP contribution < -0.4 is 5.73 Å². The molecule has 35 heavy (non-hydrogen) atoms. The highest BCUT2D eigenvalue weighted by atomic mass is 79.9. The number of nitrogen functional groups attached to an aromatic ring is 1. The number of carboxylic acid groups (broad SMARTS) is 1. The highest BCUT2D eigenvalue weighted by Gasteiger charge is 2.31. The number of benzene rings is 1. The first kappa shape index (κ1) is 22.7. The van der Waals surface area contributed by atoms with Crippen LogP contribution in [-0.2, 0) is 10.2 Å². The average molecular weight is 529 g/mol. The smallest absolute Gasteiger partial charge is 0.315 e. The Morgan fingerprint density at radius 2 is 1.66 bits per heavy atom. The van der Waals surface area contributed by atoms with Gasteiger partial charge in [0.2, 0.25) is 0 Å². The molecular weight excluding hydrogens is 508 g/mol. The van der Waals surface area contributed by atoms with Crippen molar-refractivity contribution in [1.29, 1.82) is 0 Å². The highest BCUT2D eigenvalue weighted by Crippen LogP contribution is 2.35. The van der Waals surface area contributed by atoms with Crippen LogP contribution in [0.15, 0.2) is 77.7 Å². The van der Waals surface area contributed by atoms with E-state index in [1.54, 1.807) is 49.1 Å². The number of rotatable bonds is 5. The topological polar surface area (TPSA) is 119 Å². The number of nitrogens with two attached hydrogens (primary N) is 1. The minimum Gasteiger partial charge on any atom is -0.481 e. The summed E-state index contributed by atoms with van der Waals surface area (Å²) in [6, 6.07) is 17.4. The van der Waals surface area contributed by atoms with Crippen LogP contribution in [0, 0.1) is 0 Å². The van der Waals surface area contributed by atoms with Crippen molar-refractivity contribution in [1.82, 2.24) is 24.6 Å². The minimum atomic E-state index is -1.11. The molecule has 0 spiro atoms. The van der Waals surface area contributed by atoms with Crippen LogP contribution >= 0.6 is 15.9 Å². The van der Waals surface area contributed by atoms with Crippen molar-refractivity contribution >= 4 is 33.4 Å². The van der Waals surface area contributed by atoms with Gasteiger partial charge in [0.25, 0.3) is 0 Å². The summed E-state index contributed by atoms with van der Waals surface area (Å²) in [5, 5.41) is 13.9. The van der Waals surface area contributed by atoms with Gasteiger partial charge in [0.15, 0.2) is 5.65 Å². The Hall–Kier alpha value is -4.11. The maximum atomic E-state index is 11.6. The van der Waals surface area contributed by atoms with Crippen molar-refractivity contribution in [3.05, 3.63) is 83.4 Å². The monoisotopic (exact) mass is 528 g/mol. The fourth-order valence-electron chi connectivity index (χ4n) is 3.74. The largest absolute Gasteiger partial charge is 0.481 e. The summed E-state index contributed by atoms with van der Waals surface area (Å²) in [7, 11) is 0. The number of nitrogens with zero attached hydrogens (tertiary/aromatic N) is 5. The van der Waals surface area contributed by atoms with Crippen molar-refractivity contribution in [2.45, 2.75) is 19.3 Å². The fourth-order valence-corrected chi connectivity index (χ4v) is 4.22. The zero-order valence-electron chi connectivity index (χ0n) is 19.0. The molecule has 8 nitrogen and oxygen atoms in total. The lowest BCUT2D eigenvalue weighted by Crippen LogP contribution is -2.29. The molecule has 0 aliphatic rings. The number of hydrogen-bond donors (Lipinski definition) is 2. The van der Waals surface area contributed by atoms with Gasteiger partial charge in [-0.15, -0.1) is 0 Å². The quantitative estimate of drug-likeness (QED) is 0.320. The molecule has 3 N–H and O–H groups in total. The number of anilines is 1. The summed E-state index contributed by atoms with van der Waals surface area (Å²) >= 11 is 3.54. The molecule has 0 bridgehead atoms. The Morgan fingerprint density at radius 3 is 2.29 bits per heavy atom. The van der Waals surface area contributed by atoms with Crippen LogP contribution in [0.1, 0.15) is 19.5 Å². The van der Waals surface area contributed by atoms with Crippen LogP contribution in [0.3, 0.4) is 0 Å². The van der Waals surface area contributed by atoms with Gasteiger partial charge in [-0.25, -0.2) is 4.98 Å². The SMILES string of the molecule is CC(C)(C(=O)O)c1ccc(-c2nc3c(-c4ccc(-c5ccccc5)nc4)cnn3c(N)c2Br)cn1. The standard InChI is InChI=1S/C26H21BrN6O2/c1-26(2,25(34)35)20-11-9-17(13-30-20)22-21(27)23(28)33-24(32-22)18(14-31-33)16-8-10-19(29-12-16)15-6-4-3-5-7-15/h3-14H,28H2,1-2H3,(H,34,35). The highest BCUT2D eigenvalue weighted by molar-refractivity contribution is 9.10. The van der Waals surface area contributed by atoms with Crippen molar-refractivity contribution in [2.75, 3.05) is 5.73 Å². The molecule has 0 unspecified atom stereocenters. The van der Waals surface area contributed by atoms with E-state index < -0.39 is 11.4 Å². The number of aromatic nitrogens is 5. The Bertz CT molecular complexity index is 1550. The van der Waals surface area contributed by atoms with Crippen molar-refractivity contribution in [2.24, 2.45) is 0 Å². The predicted molar refractivity (Wildman–Crippen MR) is 138 cm³/mol. The van der Waals surface area contributed by atoms with Crippen molar-refractivity contribution < 1.29 is 9.90 Å². The third kappa shape index (κ3) is 3.93. The van der Waals surface area contributed by atoms with Crippen LogP contribution in [0.2, 0.25) is 0 Å². The lowest BCUT2D eigenvalue weighted by molar-refractivity contribution is -0.142. The molecule has 5 rings (SSSR count). The van der Waals surface area contributed by atoms with Crippen molar-refractivity contribution in [3.8, 4) is 33.6 Å². The number of pyridine rings is 2. The minimum absolute atomic E-state index is 0.389. The lowest BCUT2D eigenvalue weighted by Gasteiger charge is -2.18. The average Bonchev–Trinajstić information content (AvgIpc) is 3.31. The summed E-state index contributed by atoms with van der Waals surface area (Å²) in [5.41, 5.74) is 11.1. The Labute approximate surface area is 209 Å². The van der Waals surface area contributed by atoms with Gasteiger partial charge < -0.3 is 10.8 Å². The Balaban J connectivity index is 1.57. The van der Waals surface area contributed by atoms with Gasteiger partial charge >= 0.3 is 5.97 Å². The van der Waals surface area contributed by atoms with Gasteiger partial charge in [-0.05, 0) is 48.0 Å². The van der Waals surface area contributed by atoms with Gasteiger partial charge in [0.05, 0.1) is 27.8 Å². The number of halogens is 1. The third-order valence-corrected chi connectivity index (χ3v) is 6.76. The van der Waals surface area contributed by atoms with Gasteiger partial charge in [0, 0.05) is 34.6 Å². The molecule has 0 atom stereocenters. The first-order chi connectivity index (χ1) is 16.8. The second kappa shape index (κ2) is 8.59. The number of aliphatic carboxylic acids is 1. The second-order valence-electron chi connectivity index (χ2n) is 8.61. The molecule has 0 radical (unpaired) electrons. The van der Waals surface area contributed by atoms with E-state index in [-0.39, 0.29) is 0 Å². The molecule has 5 aromatic rings. The van der Waals surface area contributed by atoms with E-state index in [0.29, 0.717) is 32.9 Å². The number of hydrogen-bond acceptors (Lipinski definition) is 6. The summed E-state index contributed by atoms with van der Waals surface area (Å²) < 4.78 is 2.15. The van der Waals surface area contributed by atoms with E-state index in [2.05, 4.69) is 31.0 Å². The molecule has 0 amide bonds. The number of carboxylic acids is 1. The first-order valence-corrected chi connectivity index (χ1v) is 11.6. The second-order valence-corrected chi connectivity index (χ2v) is 9.41. The molecule has 4 heterocycles. The Kier molecular flexibility index (Phi) is 5.56. The molecule has 174 valence electrons. The molecule has 0 fully saturated rings. The van der Waals surface area contributed by atoms with E-state index in [1.807, 2.05) is 42.5 Å². The normalized spacial score (nSPS) is 11.6. The lowest BCUT2D eigenvalue weighted by atomic mass is 9.89. The molecule has 0 aliphatic carbocycles. The van der Waals surface area contributed by atoms with E-state index >= 15 is 0 Å². The van der Waals surface area contributed by atoms with Crippen LogP contribution in [0.25, 0.3) is 39.3 Å². The van der Waals surface area contributed by atoms with Gasteiger partial charge in [-0.3, -0.25) is 14.8 Å². The van der Waals surface area contributed by atoms with Gasteiger partial charge in [-0.2, -0.15) is 9.61 Å². The maximum absolute atomic E-state index is 11.6. The first-order valence-electron chi connectivity index (χ1n) is 10.8. The third-order valence-electron chi connectivity index (χ3n) is 5.98. The van der Waals surface area contributed by atoms with E-state index in [1.165, 1.54) is 0 Å². The summed E-state index contributed by atoms with van der Waals surface area (Å²) in [5.74, 6) is -0.557. The molecule has 9 heteroatoms. The Morgan fingerprint density at radius 1 is 0.943 bits per heavy atom. The van der Waals surface area contributed by atoms with Crippen LogP contribution in [-0.4, -0.2) is 35.6 Å². The van der Waals surface area contributed by atoms with E-state index in [0.717, 1.165) is 22.4 Å². The molecule has 4 aromatic heterocycles. The van der Waals surface area contributed by atoms with Gasteiger partial charge in [0.1, 0.15) is 11.2 Å². The van der Waals surface area contributed by atoms with Crippen LogP contribution in [0.4, 0.5) is 5.82 Å². The predicted octanol–water partition coefficient (Wildman–Crippen LogP) is 5.23. The van der Waals surface area contributed by atoms with Crippen molar-refractivity contribution in [3.63, 3.8) is 0 Å². The molecule has 0 saturated carbocycles. The fraction of sp³-hybridized carbons (Fsp3) is 0.115. The van der Waals surface area contributed by atoms with E-state index in [9.17, 15) is 9.90 Å². The van der Waals surface area contributed by atoms with Crippen LogP contribution in [0.5, 0.6) is 0 Å². The zero-order chi connectivity index (χ0) is 24.7. The molecular formula is C26H21BrN6O2. The molecule has 0 aliphatic heterocycles. The van der Waals surface area contributed by atoms with Gasteiger partial charge in [-0.1, -0.05) is 36.4 Å². The number of fused-ring (bicyclic) bond motifs is 1. The summed E-state index contributed by atoms with van der Waals surface area (Å²) in [6.07, 6.45) is 5.11.